The summed E-state index contributed by atoms with van der Waals surface area (Å²) < 4.78 is 16.6. The van der Waals surface area contributed by atoms with Crippen molar-refractivity contribution in [2.24, 2.45) is 5.41 Å². The molecule has 1 aliphatic heterocycles. The number of hydrogen-bond acceptors (Lipinski definition) is 3. The fourth-order valence-electron chi connectivity index (χ4n) is 2.12. The molecule has 1 atom stereocenters. The molecule has 1 fully saturated rings. The van der Waals surface area contributed by atoms with Crippen molar-refractivity contribution in [3.63, 3.8) is 0 Å². The lowest BCUT2D eigenvalue weighted by atomic mass is 9.79. The van der Waals surface area contributed by atoms with Gasteiger partial charge in [-0.25, -0.2) is 0 Å². The van der Waals surface area contributed by atoms with E-state index in [0.717, 1.165) is 12.2 Å². The Bertz CT molecular complexity index is 468. The van der Waals surface area contributed by atoms with Gasteiger partial charge in [0.1, 0.15) is 5.75 Å². The average molecular weight is 285 g/mol. The second kappa shape index (κ2) is 4.97. The van der Waals surface area contributed by atoms with Crippen LogP contribution < -0.4 is 4.74 Å². The van der Waals surface area contributed by atoms with Crippen LogP contribution in [0.3, 0.4) is 0 Å². The average Bonchev–Trinajstić information content (AvgIpc) is 2.31. The Hall–Kier alpha value is -0.770. The van der Waals surface area contributed by atoms with Crippen LogP contribution in [-0.2, 0) is 9.47 Å². The summed E-state index contributed by atoms with van der Waals surface area (Å²) in [7, 11) is 1.60. The van der Waals surface area contributed by atoms with Crippen LogP contribution >= 0.6 is 11.6 Å². The number of methoxy groups -OCH3 is 1. The predicted molar refractivity (Wildman–Crippen MR) is 75.6 cm³/mol. The second-order valence-corrected chi connectivity index (χ2v) is 6.48. The van der Waals surface area contributed by atoms with E-state index in [-0.39, 0.29) is 11.5 Å². The van der Waals surface area contributed by atoms with E-state index < -0.39 is 5.79 Å². The molecule has 1 heterocycles. The van der Waals surface area contributed by atoms with Crippen LogP contribution in [0.2, 0.25) is 5.02 Å². The lowest BCUT2D eigenvalue weighted by Crippen LogP contribution is -2.40. The maximum Gasteiger partial charge on any atom is 0.204 e. The molecule has 0 N–H and O–H groups in total. The molecule has 4 heteroatoms. The Morgan fingerprint density at radius 1 is 1.37 bits per heavy atom. The molecular formula is C15H21ClO3. The zero-order valence-corrected chi connectivity index (χ0v) is 12.9. The highest BCUT2D eigenvalue weighted by atomic mass is 35.5. The Kier molecular flexibility index (Phi) is 3.83. The monoisotopic (exact) mass is 284 g/mol. The molecule has 1 aromatic rings. The minimum atomic E-state index is -0.697. The molecule has 0 radical (unpaired) electrons. The summed E-state index contributed by atoms with van der Waals surface area (Å²) in [6.45, 7) is 8.84. The van der Waals surface area contributed by atoms with Gasteiger partial charge >= 0.3 is 0 Å². The molecule has 1 aromatic carbocycles. The van der Waals surface area contributed by atoms with Gasteiger partial charge in [0.15, 0.2) is 0 Å². The molecule has 106 valence electrons. The van der Waals surface area contributed by atoms with Gasteiger partial charge in [-0.05, 0) is 17.7 Å². The summed E-state index contributed by atoms with van der Waals surface area (Å²) >= 11 is 6.27. The van der Waals surface area contributed by atoms with Gasteiger partial charge in [-0.15, -0.1) is 0 Å². The smallest absolute Gasteiger partial charge is 0.204 e. The standard InChI is InChI=1S/C15H21ClO3/c1-14(2)9-18-13(14)10-6-7-12(11(16)8-10)19-15(3,4)17-5/h6-8,13H,9H2,1-5H3. The Morgan fingerprint density at radius 3 is 2.47 bits per heavy atom. The third-order valence-corrected chi connectivity index (χ3v) is 3.73. The van der Waals surface area contributed by atoms with Crippen LogP contribution in [-0.4, -0.2) is 19.5 Å². The highest BCUT2D eigenvalue weighted by Gasteiger charge is 2.41. The highest BCUT2D eigenvalue weighted by Crippen LogP contribution is 2.46. The van der Waals surface area contributed by atoms with Gasteiger partial charge in [-0.3, -0.25) is 0 Å². The van der Waals surface area contributed by atoms with Crippen molar-refractivity contribution in [2.75, 3.05) is 13.7 Å². The van der Waals surface area contributed by atoms with Gasteiger partial charge in [-0.2, -0.15) is 0 Å². The lowest BCUT2D eigenvalue weighted by molar-refractivity contribution is -0.172. The summed E-state index contributed by atoms with van der Waals surface area (Å²) in [5, 5.41) is 0.578. The third-order valence-electron chi connectivity index (χ3n) is 3.44. The van der Waals surface area contributed by atoms with Gasteiger partial charge in [0.25, 0.3) is 0 Å². The Labute approximate surface area is 119 Å². The molecular weight excluding hydrogens is 264 g/mol. The van der Waals surface area contributed by atoms with Crippen LogP contribution in [0.4, 0.5) is 0 Å². The largest absolute Gasteiger partial charge is 0.461 e. The molecule has 1 aliphatic rings. The third kappa shape index (κ3) is 3.04. The maximum absolute atomic E-state index is 6.27. The molecule has 1 saturated heterocycles. The number of rotatable bonds is 4. The first-order valence-electron chi connectivity index (χ1n) is 6.40. The molecule has 0 saturated carbocycles. The topological polar surface area (TPSA) is 27.7 Å². The van der Waals surface area contributed by atoms with E-state index in [4.69, 9.17) is 25.8 Å². The molecule has 0 spiro atoms. The van der Waals surface area contributed by atoms with Crippen LogP contribution in [0.1, 0.15) is 39.4 Å². The van der Waals surface area contributed by atoms with Crippen molar-refractivity contribution < 1.29 is 14.2 Å². The van der Waals surface area contributed by atoms with Gasteiger partial charge < -0.3 is 14.2 Å². The predicted octanol–water partition coefficient (Wildman–Crippen LogP) is 4.20. The second-order valence-electron chi connectivity index (χ2n) is 6.08. The van der Waals surface area contributed by atoms with Gasteiger partial charge in [0.2, 0.25) is 5.79 Å². The first kappa shape index (κ1) is 14.6. The molecule has 0 bridgehead atoms. The van der Waals surface area contributed by atoms with Crippen LogP contribution in [0, 0.1) is 5.41 Å². The summed E-state index contributed by atoms with van der Waals surface area (Å²) in [4.78, 5) is 0. The van der Waals surface area contributed by atoms with E-state index in [1.807, 2.05) is 32.0 Å². The van der Waals surface area contributed by atoms with Gasteiger partial charge in [0.05, 0.1) is 17.7 Å². The zero-order valence-electron chi connectivity index (χ0n) is 12.1. The molecule has 0 aromatic heterocycles. The quantitative estimate of drug-likeness (QED) is 0.776. The molecule has 2 rings (SSSR count). The summed E-state index contributed by atoms with van der Waals surface area (Å²) in [6.07, 6.45) is 0.106. The summed E-state index contributed by atoms with van der Waals surface area (Å²) in [6, 6.07) is 5.78. The van der Waals surface area contributed by atoms with Crippen LogP contribution in [0.5, 0.6) is 5.75 Å². The van der Waals surface area contributed by atoms with E-state index in [1.165, 1.54) is 0 Å². The number of halogens is 1. The molecule has 19 heavy (non-hydrogen) atoms. The van der Waals surface area contributed by atoms with Crippen LogP contribution in [0.25, 0.3) is 0 Å². The summed E-state index contributed by atoms with van der Waals surface area (Å²) in [5.74, 6) is -0.0772. The minimum absolute atomic E-state index is 0.106. The molecule has 3 nitrogen and oxygen atoms in total. The maximum atomic E-state index is 6.27. The van der Waals surface area contributed by atoms with E-state index in [2.05, 4.69) is 13.8 Å². The van der Waals surface area contributed by atoms with Crippen molar-refractivity contribution in [3.05, 3.63) is 28.8 Å². The van der Waals surface area contributed by atoms with Crippen molar-refractivity contribution in [3.8, 4) is 5.75 Å². The number of hydrogen-bond donors (Lipinski definition) is 0. The molecule has 0 amide bonds. The normalized spacial score (nSPS) is 21.9. The fraction of sp³-hybridized carbons (Fsp3) is 0.600. The zero-order chi connectivity index (χ0) is 14.3. The minimum Gasteiger partial charge on any atom is -0.461 e. The molecule has 1 unspecified atom stereocenters. The van der Waals surface area contributed by atoms with E-state index in [9.17, 15) is 0 Å². The van der Waals surface area contributed by atoms with E-state index in [1.54, 1.807) is 7.11 Å². The van der Waals surface area contributed by atoms with Crippen molar-refractivity contribution in [2.45, 2.75) is 39.6 Å². The van der Waals surface area contributed by atoms with E-state index >= 15 is 0 Å². The SMILES string of the molecule is COC(C)(C)Oc1ccc(C2OCC2(C)C)cc1Cl. The summed E-state index contributed by atoms with van der Waals surface area (Å²) in [5.41, 5.74) is 1.25. The highest BCUT2D eigenvalue weighted by molar-refractivity contribution is 6.32. The van der Waals surface area contributed by atoms with E-state index in [0.29, 0.717) is 10.8 Å². The Balaban J connectivity index is 2.18. The fourth-order valence-corrected chi connectivity index (χ4v) is 2.34. The number of benzene rings is 1. The number of ether oxygens (including phenoxy) is 3. The first-order chi connectivity index (χ1) is 8.75. The van der Waals surface area contributed by atoms with Gasteiger partial charge in [0, 0.05) is 26.4 Å². The van der Waals surface area contributed by atoms with Crippen molar-refractivity contribution in [1.29, 1.82) is 0 Å². The Morgan fingerprint density at radius 2 is 2.05 bits per heavy atom. The first-order valence-corrected chi connectivity index (χ1v) is 6.78. The van der Waals surface area contributed by atoms with Gasteiger partial charge in [-0.1, -0.05) is 31.5 Å². The molecule has 0 aliphatic carbocycles. The van der Waals surface area contributed by atoms with Crippen LogP contribution in [0.15, 0.2) is 18.2 Å². The van der Waals surface area contributed by atoms with Crippen molar-refractivity contribution in [1.82, 2.24) is 0 Å². The lowest BCUT2D eigenvalue weighted by Gasteiger charge is -2.44. The van der Waals surface area contributed by atoms with Crippen molar-refractivity contribution >= 4 is 11.6 Å².